The van der Waals surface area contributed by atoms with Crippen LogP contribution < -0.4 is 5.32 Å². The van der Waals surface area contributed by atoms with Crippen LogP contribution in [0.2, 0.25) is 0 Å². The van der Waals surface area contributed by atoms with E-state index in [1.54, 1.807) is 11.7 Å². The third-order valence-electron chi connectivity index (χ3n) is 2.43. The smallest absolute Gasteiger partial charge is 0.263 e. The number of rotatable bonds is 3. The Morgan fingerprint density at radius 1 is 1.47 bits per heavy atom. The highest BCUT2D eigenvalue weighted by Crippen LogP contribution is 2.14. The van der Waals surface area contributed by atoms with Crippen molar-refractivity contribution in [1.29, 1.82) is 0 Å². The molecule has 1 unspecified atom stereocenters. The molecule has 2 aromatic rings. The van der Waals surface area contributed by atoms with Crippen LogP contribution >= 0.6 is 11.3 Å². The predicted molar refractivity (Wildman–Crippen MR) is 66.1 cm³/mol. The van der Waals surface area contributed by atoms with Crippen LogP contribution in [0.25, 0.3) is 0 Å². The van der Waals surface area contributed by atoms with E-state index in [2.05, 4.69) is 20.3 Å². The summed E-state index contributed by atoms with van der Waals surface area (Å²) >= 11 is 1.35. The van der Waals surface area contributed by atoms with Gasteiger partial charge in [-0.3, -0.25) is 4.79 Å². The highest BCUT2D eigenvalue weighted by Gasteiger charge is 2.16. The molecule has 0 saturated carbocycles. The second-order valence-corrected chi connectivity index (χ2v) is 4.77. The molecule has 2 N–H and O–H groups in total. The Morgan fingerprint density at radius 3 is 2.76 bits per heavy atom. The number of nitrogens with one attached hydrogen (secondary N) is 2. The number of aromatic amines is 1. The minimum Gasteiger partial charge on any atom is -0.344 e. The van der Waals surface area contributed by atoms with Gasteiger partial charge in [-0.2, -0.15) is 0 Å². The first kappa shape index (κ1) is 11.8. The van der Waals surface area contributed by atoms with E-state index in [1.165, 1.54) is 11.3 Å². The Labute approximate surface area is 103 Å². The third kappa shape index (κ3) is 2.52. The lowest BCUT2D eigenvalue weighted by Gasteiger charge is -2.10. The molecule has 0 aliphatic rings. The zero-order valence-corrected chi connectivity index (χ0v) is 10.8. The predicted octanol–water partition coefficient (Wildman–Crippen LogP) is 1.97. The average molecular weight is 250 g/mol. The molecule has 0 aromatic carbocycles. The van der Waals surface area contributed by atoms with Gasteiger partial charge in [-0.1, -0.05) is 0 Å². The third-order valence-corrected chi connectivity index (χ3v) is 3.36. The van der Waals surface area contributed by atoms with Gasteiger partial charge in [-0.15, -0.1) is 11.3 Å². The van der Waals surface area contributed by atoms with Gasteiger partial charge in [0.2, 0.25) is 0 Å². The van der Waals surface area contributed by atoms with Crippen molar-refractivity contribution < 1.29 is 4.79 Å². The minimum absolute atomic E-state index is 0.105. The van der Waals surface area contributed by atoms with Crippen LogP contribution in [0.1, 0.15) is 39.8 Å². The van der Waals surface area contributed by atoms with E-state index in [1.807, 2.05) is 20.8 Å². The summed E-state index contributed by atoms with van der Waals surface area (Å²) in [6, 6.07) is -0.141. The van der Waals surface area contributed by atoms with Gasteiger partial charge in [0.15, 0.2) is 0 Å². The number of carbonyl (C=O) groups excluding carboxylic acids is 1. The maximum atomic E-state index is 11.9. The van der Waals surface area contributed by atoms with Crippen molar-refractivity contribution in [3.05, 3.63) is 33.8 Å². The number of aryl methyl sites for hydroxylation is 2. The number of aromatic nitrogens is 3. The van der Waals surface area contributed by atoms with Gasteiger partial charge >= 0.3 is 0 Å². The van der Waals surface area contributed by atoms with E-state index in [4.69, 9.17) is 0 Å². The molecular weight excluding hydrogens is 236 g/mol. The van der Waals surface area contributed by atoms with Crippen LogP contribution in [0.3, 0.4) is 0 Å². The van der Waals surface area contributed by atoms with Crippen LogP contribution in [0.5, 0.6) is 0 Å². The number of hydrogen-bond acceptors (Lipinski definition) is 4. The van der Waals surface area contributed by atoms with Crippen LogP contribution in [-0.2, 0) is 0 Å². The van der Waals surface area contributed by atoms with Crippen molar-refractivity contribution in [1.82, 2.24) is 20.3 Å². The summed E-state index contributed by atoms with van der Waals surface area (Å²) in [6.45, 7) is 5.65. The monoisotopic (exact) mass is 250 g/mol. The van der Waals surface area contributed by atoms with Crippen LogP contribution in [0, 0.1) is 13.8 Å². The van der Waals surface area contributed by atoms with Gasteiger partial charge in [0.05, 0.1) is 17.2 Å². The average Bonchev–Trinajstić information content (AvgIpc) is 2.86. The summed E-state index contributed by atoms with van der Waals surface area (Å²) in [5, 5.41) is 2.89. The Balaban J connectivity index is 2.07. The SMILES string of the molecule is Cc1cnc(C(C)NC(=O)c2scnc2C)[nH]1. The number of amides is 1. The maximum absolute atomic E-state index is 11.9. The quantitative estimate of drug-likeness (QED) is 0.875. The Kier molecular flexibility index (Phi) is 3.23. The Hall–Kier alpha value is -1.69. The zero-order valence-electron chi connectivity index (χ0n) is 9.94. The molecular formula is C11H14N4OS. The van der Waals surface area contributed by atoms with E-state index in [-0.39, 0.29) is 11.9 Å². The van der Waals surface area contributed by atoms with Crippen LogP contribution in [-0.4, -0.2) is 20.9 Å². The van der Waals surface area contributed by atoms with Crippen molar-refractivity contribution >= 4 is 17.2 Å². The number of thiazole rings is 1. The van der Waals surface area contributed by atoms with Crippen molar-refractivity contribution in [3.63, 3.8) is 0 Å². The van der Waals surface area contributed by atoms with Gasteiger partial charge in [0.25, 0.3) is 5.91 Å². The van der Waals surface area contributed by atoms with E-state index >= 15 is 0 Å². The minimum atomic E-state index is -0.141. The standard InChI is InChI=1S/C11H14N4OS/c1-6-4-12-10(14-6)8(3)15-11(16)9-7(2)13-5-17-9/h4-5,8H,1-3H3,(H,12,14)(H,15,16). The summed E-state index contributed by atoms with van der Waals surface area (Å²) in [6.07, 6.45) is 1.75. The molecule has 5 nitrogen and oxygen atoms in total. The molecule has 0 radical (unpaired) electrons. The molecule has 0 saturated heterocycles. The van der Waals surface area contributed by atoms with Gasteiger partial charge in [0, 0.05) is 11.9 Å². The number of nitrogens with zero attached hydrogens (tertiary/aromatic N) is 2. The van der Waals surface area contributed by atoms with Gasteiger partial charge in [-0.25, -0.2) is 9.97 Å². The Morgan fingerprint density at radius 2 is 2.24 bits per heavy atom. The summed E-state index contributed by atoms with van der Waals surface area (Å²) in [7, 11) is 0. The highest BCUT2D eigenvalue weighted by molar-refractivity contribution is 7.11. The molecule has 2 aromatic heterocycles. The topological polar surface area (TPSA) is 70.7 Å². The summed E-state index contributed by atoms with van der Waals surface area (Å²) < 4.78 is 0. The van der Waals surface area contributed by atoms with Crippen molar-refractivity contribution in [2.24, 2.45) is 0 Å². The van der Waals surface area contributed by atoms with Crippen molar-refractivity contribution in [2.75, 3.05) is 0 Å². The van der Waals surface area contributed by atoms with Gasteiger partial charge < -0.3 is 10.3 Å². The van der Waals surface area contributed by atoms with E-state index in [9.17, 15) is 4.79 Å². The molecule has 0 fully saturated rings. The lowest BCUT2D eigenvalue weighted by molar-refractivity contribution is 0.0941. The van der Waals surface area contributed by atoms with E-state index in [0.29, 0.717) is 4.88 Å². The number of carbonyl (C=O) groups is 1. The fraction of sp³-hybridized carbons (Fsp3) is 0.364. The lowest BCUT2D eigenvalue weighted by atomic mass is 10.3. The van der Waals surface area contributed by atoms with E-state index < -0.39 is 0 Å². The molecule has 0 aliphatic carbocycles. The summed E-state index contributed by atoms with van der Waals surface area (Å²) in [5.74, 6) is 0.657. The molecule has 90 valence electrons. The highest BCUT2D eigenvalue weighted by atomic mass is 32.1. The van der Waals surface area contributed by atoms with Gasteiger partial charge in [-0.05, 0) is 20.8 Å². The van der Waals surface area contributed by atoms with E-state index in [0.717, 1.165) is 17.2 Å². The molecule has 1 atom stereocenters. The first-order valence-electron chi connectivity index (χ1n) is 5.30. The Bertz CT molecular complexity index is 531. The molecule has 6 heteroatoms. The molecule has 2 rings (SSSR count). The van der Waals surface area contributed by atoms with Crippen LogP contribution in [0.4, 0.5) is 0 Å². The normalized spacial score (nSPS) is 12.4. The second-order valence-electron chi connectivity index (χ2n) is 3.91. The van der Waals surface area contributed by atoms with Crippen LogP contribution in [0.15, 0.2) is 11.7 Å². The summed E-state index contributed by atoms with van der Waals surface area (Å²) in [5.41, 5.74) is 3.41. The fourth-order valence-corrected chi connectivity index (χ4v) is 2.21. The number of hydrogen-bond donors (Lipinski definition) is 2. The molecule has 17 heavy (non-hydrogen) atoms. The summed E-state index contributed by atoms with van der Waals surface area (Å²) in [4.78, 5) is 23.9. The number of H-pyrrole nitrogens is 1. The zero-order chi connectivity index (χ0) is 12.4. The molecule has 2 heterocycles. The number of imidazole rings is 1. The molecule has 0 aliphatic heterocycles. The lowest BCUT2D eigenvalue weighted by Crippen LogP contribution is -2.27. The first-order chi connectivity index (χ1) is 8.08. The molecule has 1 amide bonds. The first-order valence-corrected chi connectivity index (χ1v) is 6.18. The van der Waals surface area contributed by atoms with Crippen molar-refractivity contribution in [2.45, 2.75) is 26.8 Å². The molecule has 0 bridgehead atoms. The fourth-order valence-electron chi connectivity index (χ4n) is 1.50. The van der Waals surface area contributed by atoms with Crippen molar-refractivity contribution in [3.8, 4) is 0 Å². The second kappa shape index (κ2) is 4.67. The maximum Gasteiger partial charge on any atom is 0.263 e. The largest absolute Gasteiger partial charge is 0.344 e. The molecule has 0 spiro atoms. The van der Waals surface area contributed by atoms with Gasteiger partial charge in [0.1, 0.15) is 10.7 Å².